The first-order valence-electron chi connectivity index (χ1n) is 5.73. The van der Waals surface area contributed by atoms with Crippen molar-refractivity contribution in [1.29, 1.82) is 0 Å². The lowest BCUT2D eigenvalue weighted by atomic mass is 10.1. The zero-order valence-electron chi connectivity index (χ0n) is 10.4. The van der Waals surface area contributed by atoms with Gasteiger partial charge in [0.05, 0.1) is 18.3 Å². The summed E-state index contributed by atoms with van der Waals surface area (Å²) in [5, 5.41) is 3.72. The van der Waals surface area contributed by atoms with Gasteiger partial charge in [-0.2, -0.15) is 0 Å². The second kappa shape index (κ2) is 5.44. The molecule has 5 nitrogen and oxygen atoms in total. The maximum atomic E-state index is 10.8. The summed E-state index contributed by atoms with van der Waals surface area (Å²) >= 11 is 0. The third-order valence-electron chi connectivity index (χ3n) is 2.66. The Bertz CT molecular complexity index is 569. The fraction of sp³-hybridized carbons (Fsp3) is 0.308. The Labute approximate surface area is 105 Å². The first-order chi connectivity index (χ1) is 8.70. The molecule has 1 heterocycles. The lowest BCUT2D eigenvalue weighted by molar-refractivity contribution is -0.118. The number of hydrogen-bond acceptors (Lipinski definition) is 4. The molecule has 2 aromatic rings. The van der Waals surface area contributed by atoms with Crippen molar-refractivity contribution in [2.45, 2.75) is 13.3 Å². The summed E-state index contributed by atoms with van der Waals surface area (Å²) < 4.78 is 5.19. The molecule has 0 unspecified atom stereocenters. The van der Waals surface area contributed by atoms with Gasteiger partial charge in [-0.1, -0.05) is 0 Å². The van der Waals surface area contributed by atoms with Gasteiger partial charge in [0, 0.05) is 25.3 Å². The molecule has 0 saturated heterocycles. The fourth-order valence-corrected chi connectivity index (χ4v) is 1.77. The molecule has 0 saturated carbocycles. The largest absolute Gasteiger partial charge is 0.497 e. The highest BCUT2D eigenvalue weighted by molar-refractivity contribution is 5.82. The maximum absolute atomic E-state index is 10.8. The Balaban J connectivity index is 2.28. The average molecular weight is 245 g/mol. The summed E-state index contributed by atoms with van der Waals surface area (Å²) in [6, 6.07) is 5.68. The molecule has 5 heteroatoms. The summed E-state index contributed by atoms with van der Waals surface area (Å²) in [4.78, 5) is 19.3. The summed E-state index contributed by atoms with van der Waals surface area (Å²) in [5.74, 6) is 0.740. The number of nitrogens with zero attached hydrogens (tertiary/aromatic N) is 2. The van der Waals surface area contributed by atoms with E-state index in [4.69, 9.17) is 4.74 Å². The van der Waals surface area contributed by atoms with Crippen molar-refractivity contribution >= 4 is 16.8 Å². The normalized spacial score (nSPS) is 10.3. The lowest BCUT2D eigenvalue weighted by Crippen LogP contribution is -2.22. The van der Waals surface area contributed by atoms with Gasteiger partial charge in [-0.15, -0.1) is 0 Å². The van der Waals surface area contributed by atoms with E-state index < -0.39 is 0 Å². The highest BCUT2D eigenvalue weighted by atomic mass is 16.5. The zero-order chi connectivity index (χ0) is 13.0. The number of methoxy groups -OCH3 is 1. The summed E-state index contributed by atoms with van der Waals surface area (Å²) in [6.45, 7) is 2.07. The van der Waals surface area contributed by atoms with Gasteiger partial charge in [0.15, 0.2) is 0 Å². The van der Waals surface area contributed by atoms with Crippen LogP contribution >= 0.6 is 0 Å². The van der Waals surface area contributed by atoms with Crippen molar-refractivity contribution in [2.24, 2.45) is 0 Å². The Kier molecular flexibility index (Phi) is 3.72. The van der Waals surface area contributed by atoms with Gasteiger partial charge in [0.1, 0.15) is 12.1 Å². The van der Waals surface area contributed by atoms with E-state index in [1.807, 2.05) is 18.2 Å². The van der Waals surface area contributed by atoms with Gasteiger partial charge in [-0.05, 0) is 18.2 Å². The number of nitrogens with one attached hydrogen (secondary N) is 1. The number of carbonyl (C=O) groups excluding carboxylic acids is 1. The number of fused-ring (bicyclic) bond motifs is 1. The molecule has 0 atom stereocenters. The SMILES string of the molecule is COc1ccc2ncnc(CCNC(C)=O)c2c1. The van der Waals surface area contributed by atoms with E-state index in [1.54, 1.807) is 7.11 Å². The van der Waals surface area contributed by atoms with Crippen LogP contribution in [0.25, 0.3) is 10.9 Å². The van der Waals surface area contributed by atoms with Gasteiger partial charge in [0.2, 0.25) is 5.91 Å². The maximum Gasteiger partial charge on any atom is 0.216 e. The summed E-state index contributed by atoms with van der Waals surface area (Å²) in [7, 11) is 1.63. The van der Waals surface area contributed by atoms with E-state index in [2.05, 4.69) is 15.3 Å². The lowest BCUT2D eigenvalue weighted by Gasteiger charge is -2.07. The highest BCUT2D eigenvalue weighted by Crippen LogP contribution is 2.21. The Morgan fingerprint density at radius 3 is 2.94 bits per heavy atom. The van der Waals surface area contributed by atoms with Crippen LogP contribution in [-0.4, -0.2) is 29.5 Å². The third kappa shape index (κ3) is 2.74. The molecule has 0 radical (unpaired) electrons. The summed E-state index contributed by atoms with van der Waals surface area (Å²) in [5.41, 5.74) is 1.79. The molecule has 1 aromatic heterocycles. The first-order valence-corrected chi connectivity index (χ1v) is 5.73. The quantitative estimate of drug-likeness (QED) is 0.882. The van der Waals surface area contributed by atoms with Crippen LogP contribution in [0.2, 0.25) is 0 Å². The number of carbonyl (C=O) groups is 1. The fourth-order valence-electron chi connectivity index (χ4n) is 1.77. The minimum absolute atomic E-state index is 0.0362. The molecule has 0 aliphatic carbocycles. The standard InChI is InChI=1S/C13H15N3O2/c1-9(17)14-6-5-13-11-7-10(18-2)3-4-12(11)15-8-16-13/h3-4,7-8H,5-6H2,1-2H3,(H,14,17). The molecule has 18 heavy (non-hydrogen) atoms. The predicted octanol–water partition coefficient (Wildman–Crippen LogP) is 1.32. The highest BCUT2D eigenvalue weighted by Gasteiger charge is 2.05. The molecule has 0 bridgehead atoms. The van der Waals surface area contributed by atoms with Gasteiger partial charge in [0.25, 0.3) is 0 Å². The molecule has 0 fully saturated rings. The second-order valence-corrected chi connectivity index (χ2v) is 3.94. The van der Waals surface area contributed by atoms with Crippen molar-refractivity contribution in [1.82, 2.24) is 15.3 Å². The van der Waals surface area contributed by atoms with Gasteiger partial charge < -0.3 is 10.1 Å². The molecule has 2 rings (SSSR count). The molecule has 1 aromatic carbocycles. The molecular weight excluding hydrogens is 230 g/mol. The topological polar surface area (TPSA) is 64.1 Å². The van der Waals surface area contributed by atoms with Crippen molar-refractivity contribution in [2.75, 3.05) is 13.7 Å². The van der Waals surface area contributed by atoms with Crippen LogP contribution in [-0.2, 0) is 11.2 Å². The van der Waals surface area contributed by atoms with E-state index >= 15 is 0 Å². The van der Waals surface area contributed by atoms with Gasteiger partial charge in [-0.3, -0.25) is 4.79 Å². The molecule has 0 aliphatic rings. The van der Waals surface area contributed by atoms with Crippen molar-refractivity contribution < 1.29 is 9.53 Å². The van der Waals surface area contributed by atoms with Crippen molar-refractivity contribution in [3.63, 3.8) is 0 Å². The number of ether oxygens (including phenoxy) is 1. The van der Waals surface area contributed by atoms with E-state index in [1.165, 1.54) is 13.3 Å². The zero-order valence-corrected chi connectivity index (χ0v) is 10.4. The van der Waals surface area contributed by atoms with Crippen molar-refractivity contribution in [3.05, 3.63) is 30.2 Å². The van der Waals surface area contributed by atoms with Crippen LogP contribution < -0.4 is 10.1 Å². The smallest absolute Gasteiger partial charge is 0.216 e. The Morgan fingerprint density at radius 1 is 1.39 bits per heavy atom. The van der Waals surface area contributed by atoms with Crippen molar-refractivity contribution in [3.8, 4) is 5.75 Å². The van der Waals surface area contributed by atoms with E-state index in [0.29, 0.717) is 13.0 Å². The minimum Gasteiger partial charge on any atom is -0.497 e. The number of aromatic nitrogens is 2. The number of amides is 1. The van der Waals surface area contributed by atoms with Crippen LogP contribution in [0, 0.1) is 0 Å². The van der Waals surface area contributed by atoms with Gasteiger partial charge >= 0.3 is 0 Å². The van der Waals surface area contributed by atoms with E-state index in [-0.39, 0.29) is 5.91 Å². The number of benzene rings is 1. The van der Waals surface area contributed by atoms with Crippen LogP contribution in [0.15, 0.2) is 24.5 Å². The third-order valence-corrected chi connectivity index (χ3v) is 2.66. The number of hydrogen-bond donors (Lipinski definition) is 1. The Morgan fingerprint density at radius 2 is 2.22 bits per heavy atom. The monoisotopic (exact) mass is 245 g/mol. The Hall–Kier alpha value is -2.17. The number of rotatable bonds is 4. The average Bonchev–Trinajstić information content (AvgIpc) is 2.38. The molecule has 0 aliphatic heterocycles. The van der Waals surface area contributed by atoms with E-state index in [0.717, 1.165) is 22.3 Å². The predicted molar refractivity (Wildman–Crippen MR) is 68.5 cm³/mol. The van der Waals surface area contributed by atoms with Crippen LogP contribution in [0.4, 0.5) is 0 Å². The first kappa shape index (κ1) is 12.3. The van der Waals surface area contributed by atoms with E-state index in [9.17, 15) is 4.79 Å². The van der Waals surface area contributed by atoms with Crippen LogP contribution in [0.1, 0.15) is 12.6 Å². The van der Waals surface area contributed by atoms with Gasteiger partial charge in [-0.25, -0.2) is 9.97 Å². The molecule has 94 valence electrons. The molecule has 1 amide bonds. The second-order valence-electron chi connectivity index (χ2n) is 3.94. The molecule has 1 N–H and O–H groups in total. The molecule has 0 spiro atoms. The molecular formula is C13H15N3O2. The summed E-state index contributed by atoms with van der Waals surface area (Å²) in [6.07, 6.45) is 2.21. The van der Waals surface area contributed by atoms with Crippen LogP contribution in [0.3, 0.4) is 0 Å². The minimum atomic E-state index is -0.0362. The van der Waals surface area contributed by atoms with Crippen LogP contribution in [0.5, 0.6) is 5.75 Å².